The number of carboxylic acid groups (broad SMARTS) is 1. The number of hydrogen-bond donors (Lipinski definition) is 1. The molecule has 2 aromatic carbocycles. The van der Waals surface area contributed by atoms with Crippen molar-refractivity contribution in [1.29, 1.82) is 0 Å². The third-order valence-corrected chi connectivity index (χ3v) is 4.85. The van der Waals surface area contributed by atoms with Crippen molar-refractivity contribution in [1.82, 2.24) is 4.90 Å². The van der Waals surface area contributed by atoms with Gasteiger partial charge in [0.05, 0.1) is 11.8 Å². The summed E-state index contributed by atoms with van der Waals surface area (Å²) in [5, 5.41) is 9.56. The van der Waals surface area contributed by atoms with Crippen LogP contribution in [0.25, 0.3) is 0 Å². The van der Waals surface area contributed by atoms with E-state index in [2.05, 4.69) is 0 Å². The Labute approximate surface area is 141 Å². The Hall–Kier alpha value is -2.62. The highest BCUT2D eigenvalue weighted by atomic mass is 16.4. The van der Waals surface area contributed by atoms with Crippen molar-refractivity contribution < 1.29 is 14.7 Å². The highest BCUT2D eigenvalue weighted by Crippen LogP contribution is 2.34. The summed E-state index contributed by atoms with van der Waals surface area (Å²) in [5.74, 6) is -1.83. The van der Waals surface area contributed by atoms with Crippen LogP contribution in [0.3, 0.4) is 0 Å². The predicted octanol–water partition coefficient (Wildman–Crippen LogP) is 3.12. The number of nitrogens with zero attached hydrogens (tertiary/aromatic N) is 1. The van der Waals surface area contributed by atoms with Crippen molar-refractivity contribution in [3.8, 4) is 0 Å². The molecular weight excluding hydrogens is 302 g/mol. The predicted molar refractivity (Wildman–Crippen MR) is 91.7 cm³/mol. The molecule has 0 bridgehead atoms. The quantitative estimate of drug-likeness (QED) is 0.940. The van der Waals surface area contributed by atoms with Crippen molar-refractivity contribution in [2.45, 2.75) is 18.8 Å². The molecule has 0 saturated carbocycles. The fourth-order valence-electron chi connectivity index (χ4n) is 3.43. The van der Waals surface area contributed by atoms with Gasteiger partial charge in [-0.2, -0.15) is 0 Å². The molecule has 3 unspecified atom stereocenters. The molecule has 0 radical (unpaired) electrons. The Kier molecular flexibility index (Phi) is 4.65. The zero-order valence-corrected chi connectivity index (χ0v) is 13.6. The molecule has 4 nitrogen and oxygen atoms in total. The summed E-state index contributed by atoms with van der Waals surface area (Å²) in [7, 11) is 0. The molecule has 3 atom stereocenters. The molecule has 0 aromatic heterocycles. The zero-order valence-electron chi connectivity index (χ0n) is 13.6. The molecule has 1 N–H and O–H groups in total. The normalized spacial score (nSPS) is 21.5. The first-order valence-corrected chi connectivity index (χ1v) is 8.19. The van der Waals surface area contributed by atoms with Gasteiger partial charge in [0, 0.05) is 19.0 Å². The number of carboxylic acids is 1. The van der Waals surface area contributed by atoms with Crippen LogP contribution < -0.4 is 0 Å². The summed E-state index contributed by atoms with van der Waals surface area (Å²) < 4.78 is 0. The number of hydrogen-bond acceptors (Lipinski definition) is 2. The van der Waals surface area contributed by atoms with Gasteiger partial charge in [-0.15, -0.1) is 0 Å². The number of carbonyl (C=O) groups is 2. The van der Waals surface area contributed by atoms with Crippen molar-refractivity contribution in [2.24, 2.45) is 5.92 Å². The largest absolute Gasteiger partial charge is 0.481 e. The van der Waals surface area contributed by atoms with E-state index in [-0.39, 0.29) is 24.3 Å². The molecule has 4 heteroatoms. The van der Waals surface area contributed by atoms with Gasteiger partial charge in [0.1, 0.15) is 0 Å². The molecule has 1 aliphatic rings. The minimum Gasteiger partial charge on any atom is -0.481 e. The lowest BCUT2D eigenvalue weighted by Crippen LogP contribution is -2.33. The molecular formula is C20H21NO3. The molecule has 0 spiro atoms. The summed E-state index contributed by atoms with van der Waals surface area (Å²) >= 11 is 0. The number of amides is 1. The highest BCUT2D eigenvalue weighted by Gasteiger charge is 2.41. The molecule has 0 aliphatic carbocycles. The number of carbonyl (C=O) groups excluding carboxylic acids is 1. The molecule has 2 aromatic rings. The number of likely N-dealkylation sites (tertiary alicyclic amines) is 1. The second kappa shape index (κ2) is 6.87. The second-order valence-corrected chi connectivity index (χ2v) is 6.34. The monoisotopic (exact) mass is 323 g/mol. The molecule has 1 saturated heterocycles. The van der Waals surface area contributed by atoms with Crippen molar-refractivity contribution in [3.63, 3.8) is 0 Å². The number of benzene rings is 2. The fraction of sp³-hybridized carbons (Fsp3) is 0.300. The van der Waals surface area contributed by atoms with E-state index < -0.39 is 11.9 Å². The number of aliphatic carboxylic acids is 1. The Morgan fingerprint density at radius 1 is 1.00 bits per heavy atom. The first-order chi connectivity index (χ1) is 11.6. The topological polar surface area (TPSA) is 57.6 Å². The van der Waals surface area contributed by atoms with E-state index in [1.165, 1.54) is 0 Å². The van der Waals surface area contributed by atoms with E-state index in [9.17, 15) is 14.7 Å². The Bertz CT molecular complexity index is 714. The maximum absolute atomic E-state index is 12.8. The van der Waals surface area contributed by atoms with Gasteiger partial charge in [-0.05, 0) is 18.1 Å². The van der Waals surface area contributed by atoms with Gasteiger partial charge in [0.15, 0.2) is 0 Å². The Morgan fingerprint density at radius 3 is 2.17 bits per heavy atom. The number of rotatable bonds is 4. The third kappa shape index (κ3) is 3.18. The molecule has 1 aliphatic heterocycles. The molecule has 1 heterocycles. The third-order valence-electron chi connectivity index (χ3n) is 4.85. The Morgan fingerprint density at radius 2 is 1.58 bits per heavy atom. The Balaban J connectivity index is 1.80. The van der Waals surface area contributed by atoms with Crippen LogP contribution in [-0.2, 0) is 9.59 Å². The van der Waals surface area contributed by atoms with Gasteiger partial charge in [-0.1, -0.05) is 60.7 Å². The van der Waals surface area contributed by atoms with E-state index in [0.717, 1.165) is 11.1 Å². The van der Waals surface area contributed by atoms with Gasteiger partial charge < -0.3 is 10.0 Å². The molecule has 1 fully saturated rings. The van der Waals surface area contributed by atoms with E-state index in [0.29, 0.717) is 6.54 Å². The lowest BCUT2D eigenvalue weighted by Gasteiger charge is -2.21. The van der Waals surface area contributed by atoms with E-state index in [1.54, 1.807) is 4.90 Å². The van der Waals surface area contributed by atoms with E-state index in [4.69, 9.17) is 0 Å². The minimum absolute atomic E-state index is 0.00844. The average molecular weight is 323 g/mol. The standard InChI is InChI=1S/C20H21NO3/c1-14(15-8-4-2-5-9-15)19(22)21-12-17(18(13-21)20(23)24)16-10-6-3-7-11-16/h2-11,14,17-18H,12-13H2,1H3,(H,23,24). The van der Waals surface area contributed by atoms with Crippen molar-refractivity contribution >= 4 is 11.9 Å². The lowest BCUT2D eigenvalue weighted by molar-refractivity contribution is -0.141. The second-order valence-electron chi connectivity index (χ2n) is 6.34. The first-order valence-electron chi connectivity index (χ1n) is 8.19. The van der Waals surface area contributed by atoms with Crippen LogP contribution in [0.5, 0.6) is 0 Å². The van der Waals surface area contributed by atoms with Gasteiger partial charge in [-0.25, -0.2) is 0 Å². The van der Waals surface area contributed by atoms with Crippen LogP contribution in [0.15, 0.2) is 60.7 Å². The smallest absolute Gasteiger partial charge is 0.308 e. The maximum Gasteiger partial charge on any atom is 0.308 e. The summed E-state index contributed by atoms with van der Waals surface area (Å²) in [6, 6.07) is 19.2. The van der Waals surface area contributed by atoms with Gasteiger partial charge in [-0.3, -0.25) is 9.59 Å². The summed E-state index contributed by atoms with van der Waals surface area (Å²) in [6.45, 7) is 2.60. The van der Waals surface area contributed by atoms with Gasteiger partial charge >= 0.3 is 5.97 Å². The van der Waals surface area contributed by atoms with Crippen LogP contribution in [0.2, 0.25) is 0 Å². The highest BCUT2D eigenvalue weighted by molar-refractivity contribution is 5.85. The van der Waals surface area contributed by atoms with Crippen LogP contribution in [0.4, 0.5) is 0 Å². The van der Waals surface area contributed by atoms with Crippen LogP contribution in [0.1, 0.15) is 29.9 Å². The van der Waals surface area contributed by atoms with E-state index >= 15 is 0 Å². The minimum atomic E-state index is -0.841. The SMILES string of the molecule is CC(C(=O)N1CC(C(=O)O)C(c2ccccc2)C1)c1ccccc1. The fourth-order valence-corrected chi connectivity index (χ4v) is 3.43. The maximum atomic E-state index is 12.8. The van der Waals surface area contributed by atoms with Crippen LogP contribution >= 0.6 is 0 Å². The summed E-state index contributed by atoms with van der Waals surface area (Å²) in [6.07, 6.45) is 0. The van der Waals surface area contributed by atoms with Crippen LogP contribution in [-0.4, -0.2) is 35.0 Å². The first kappa shape index (κ1) is 16.2. The van der Waals surface area contributed by atoms with Gasteiger partial charge in [0.25, 0.3) is 0 Å². The van der Waals surface area contributed by atoms with Crippen molar-refractivity contribution in [3.05, 3.63) is 71.8 Å². The van der Waals surface area contributed by atoms with Gasteiger partial charge in [0.2, 0.25) is 5.91 Å². The van der Waals surface area contributed by atoms with E-state index in [1.807, 2.05) is 67.6 Å². The molecule has 124 valence electrons. The summed E-state index contributed by atoms with van der Waals surface area (Å²) in [5.41, 5.74) is 1.94. The average Bonchev–Trinajstić information content (AvgIpc) is 3.07. The lowest BCUT2D eigenvalue weighted by atomic mass is 9.89. The molecule has 3 rings (SSSR count). The molecule has 1 amide bonds. The molecule has 24 heavy (non-hydrogen) atoms. The van der Waals surface area contributed by atoms with Crippen molar-refractivity contribution in [2.75, 3.05) is 13.1 Å². The summed E-state index contributed by atoms with van der Waals surface area (Å²) in [4.78, 5) is 26.2. The van der Waals surface area contributed by atoms with Crippen LogP contribution in [0, 0.1) is 5.92 Å². The zero-order chi connectivity index (χ0) is 17.1.